The molecule has 7 nitrogen and oxygen atoms in total. The molecule has 1 aliphatic heterocycles. The summed E-state index contributed by atoms with van der Waals surface area (Å²) in [6, 6.07) is 13.9. The number of amides is 4. The normalized spacial score (nSPS) is 20.0. The molecule has 30 heavy (non-hydrogen) atoms. The lowest BCUT2D eigenvalue weighted by molar-refractivity contribution is -0.134. The molecule has 0 radical (unpaired) electrons. The molecule has 3 aromatic rings. The Morgan fingerprint density at radius 2 is 2.00 bits per heavy atom. The van der Waals surface area contributed by atoms with E-state index in [1.54, 1.807) is 30.5 Å². The number of hydrogen-bond donors (Lipinski definition) is 2. The lowest BCUT2D eigenvalue weighted by Gasteiger charge is -2.22. The third-order valence-electron chi connectivity index (χ3n) is 5.71. The first-order valence-corrected chi connectivity index (χ1v) is 9.93. The van der Waals surface area contributed by atoms with Crippen LogP contribution in [0.15, 0.2) is 54.7 Å². The highest BCUT2D eigenvalue weighted by atomic mass is 35.5. The van der Waals surface area contributed by atoms with Crippen molar-refractivity contribution in [3.8, 4) is 0 Å². The largest absolute Gasteiger partial charge is 0.325 e. The average Bonchev–Trinajstić information content (AvgIpc) is 3.24. The minimum absolute atomic E-state index is 0.383. The maximum atomic E-state index is 13.2. The van der Waals surface area contributed by atoms with Crippen molar-refractivity contribution in [1.82, 2.24) is 15.2 Å². The van der Waals surface area contributed by atoms with E-state index in [4.69, 9.17) is 11.6 Å². The van der Waals surface area contributed by atoms with Gasteiger partial charge in [0.05, 0.1) is 16.2 Å². The number of carbonyl (C=O) groups excluding carboxylic acids is 3. The summed E-state index contributed by atoms with van der Waals surface area (Å²) in [6.07, 6.45) is 2.79. The second-order valence-electron chi connectivity index (χ2n) is 7.43. The summed E-state index contributed by atoms with van der Waals surface area (Å²) in [5.41, 5.74) is 1.77. The van der Waals surface area contributed by atoms with Crippen LogP contribution in [0.1, 0.15) is 17.5 Å². The van der Waals surface area contributed by atoms with E-state index in [0.717, 1.165) is 16.0 Å². The molecule has 0 saturated carbocycles. The molecule has 5 rings (SSSR count). The summed E-state index contributed by atoms with van der Waals surface area (Å²) in [6.45, 7) is -0.383. The van der Waals surface area contributed by atoms with E-state index in [9.17, 15) is 14.4 Å². The number of pyridine rings is 1. The Balaban J connectivity index is 1.38. The van der Waals surface area contributed by atoms with Gasteiger partial charge in [0, 0.05) is 11.6 Å². The molecule has 1 aliphatic carbocycles. The van der Waals surface area contributed by atoms with E-state index < -0.39 is 23.4 Å². The predicted molar refractivity (Wildman–Crippen MR) is 112 cm³/mol. The molecule has 2 aliphatic rings. The van der Waals surface area contributed by atoms with Gasteiger partial charge in [-0.25, -0.2) is 4.79 Å². The van der Waals surface area contributed by atoms with Crippen molar-refractivity contribution in [3.63, 3.8) is 0 Å². The van der Waals surface area contributed by atoms with Gasteiger partial charge in [0.25, 0.3) is 5.91 Å². The summed E-state index contributed by atoms with van der Waals surface area (Å²) in [7, 11) is 0. The van der Waals surface area contributed by atoms with Crippen molar-refractivity contribution in [3.05, 3.63) is 70.9 Å². The lowest BCUT2D eigenvalue weighted by Crippen LogP contribution is -2.43. The summed E-state index contributed by atoms with van der Waals surface area (Å²) < 4.78 is 0. The third kappa shape index (κ3) is 2.74. The first-order chi connectivity index (χ1) is 14.5. The first-order valence-electron chi connectivity index (χ1n) is 9.55. The molecule has 2 N–H and O–H groups in total. The van der Waals surface area contributed by atoms with Gasteiger partial charge in [-0.15, -0.1) is 0 Å². The molecule has 1 spiro atoms. The number of nitrogens with one attached hydrogen (secondary N) is 2. The average molecular weight is 421 g/mol. The molecular formula is C22H17ClN4O3. The molecule has 1 aromatic heterocycles. The molecule has 2 aromatic carbocycles. The number of urea groups is 1. The Labute approximate surface area is 177 Å². The standard InChI is InChI=1S/C22H17ClN4O3/c23-16-7-8-17(19-14(16)5-3-11-24-19)25-18(28)12-27-20(29)22(26-21(27)30)10-9-13-4-1-2-6-15(13)22/h1-8,11H,9-10,12H2,(H,25,28)(H,26,30). The first kappa shape index (κ1) is 18.6. The zero-order valence-electron chi connectivity index (χ0n) is 15.8. The smallest absolute Gasteiger partial charge is 0.323 e. The Bertz CT molecular complexity index is 1230. The van der Waals surface area contributed by atoms with Crippen LogP contribution in [0, 0.1) is 0 Å². The highest BCUT2D eigenvalue weighted by Crippen LogP contribution is 2.41. The lowest BCUT2D eigenvalue weighted by atomic mass is 9.92. The minimum Gasteiger partial charge on any atom is -0.323 e. The molecule has 1 saturated heterocycles. The predicted octanol–water partition coefficient (Wildman–Crippen LogP) is 3.22. The number of fused-ring (bicyclic) bond motifs is 3. The van der Waals surface area contributed by atoms with Gasteiger partial charge in [-0.05, 0) is 48.2 Å². The SMILES string of the molecule is O=C(CN1C(=O)NC2(CCc3ccccc32)C1=O)Nc1ccc(Cl)c2cccnc12. The molecule has 0 bridgehead atoms. The highest BCUT2D eigenvalue weighted by Gasteiger charge is 2.55. The van der Waals surface area contributed by atoms with Crippen molar-refractivity contribution in [1.29, 1.82) is 0 Å². The van der Waals surface area contributed by atoms with Gasteiger partial charge >= 0.3 is 6.03 Å². The van der Waals surface area contributed by atoms with Gasteiger partial charge < -0.3 is 10.6 Å². The topological polar surface area (TPSA) is 91.4 Å². The van der Waals surface area contributed by atoms with Gasteiger partial charge in [-0.1, -0.05) is 35.9 Å². The number of halogens is 1. The quantitative estimate of drug-likeness (QED) is 0.636. The number of hydrogen-bond acceptors (Lipinski definition) is 4. The fourth-order valence-corrected chi connectivity index (χ4v) is 4.52. The maximum Gasteiger partial charge on any atom is 0.325 e. The van der Waals surface area contributed by atoms with Crippen LogP contribution in [-0.4, -0.2) is 34.3 Å². The van der Waals surface area contributed by atoms with Crippen LogP contribution in [0.3, 0.4) is 0 Å². The number of aryl methyl sites for hydroxylation is 1. The Hall–Kier alpha value is -3.45. The van der Waals surface area contributed by atoms with E-state index in [0.29, 0.717) is 34.5 Å². The molecule has 2 heterocycles. The van der Waals surface area contributed by atoms with Gasteiger partial charge in [-0.2, -0.15) is 0 Å². The van der Waals surface area contributed by atoms with Crippen LogP contribution in [0.4, 0.5) is 10.5 Å². The molecule has 1 unspecified atom stereocenters. The number of anilines is 1. The summed E-state index contributed by atoms with van der Waals surface area (Å²) in [4.78, 5) is 43.7. The molecule has 150 valence electrons. The van der Waals surface area contributed by atoms with Crippen molar-refractivity contribution in [2.75, 3.05) is 11.9 Å². The number of carbonyl (C=O) groups is 3. The van der Waals surface area contributed by atoms with Gasteiger partial charge in [0.15, 0.2) is 0 Å². The molecule has 4 amide bonds. The minimum atomic E-state index is -1.08. The van der Waals surface area contributed by atoms with E-state index in [1.807, 2.05) is 24.3 Å². The van der Waals surface area contributed by atoms with Crippen LogP contribution in [0.25, 0.3) is 10.9 Å². The number of nitrogens with zero attached hydrogens (tertiary/aromatic N) is 2. The van der Waals surface area contributed by atoms with Crippen LogP contribution in [-0.2, 0) is 21.5 Å². The Kier molecular flexibility index (Phi) is 4.22. The number of rotatable bonds is 3. The monoisotopic (exact) mass is 420 g/mol. The van der Waals surface area contributed by atoms with Crippen molar-refractivity contribution < 1.29 is 14.4 Å². The molecule has 1 atom stereocenters. The third-order valence-corrected chi connectivity index (χ3v) is 6.04. The molecule has 8 heteroatoms. The van der Waals surface area contributed by atoms with Crippen LogP contribution in [0.5, 0.6) is 0 Å². The van der Waals surface area contributed by atoms with E-state index in [1.165, 1.54) is 0 Å². The summed E-state index contributed by atoms with van der Waals surface area (Å²) in [5, 5.41) is 6.79. The Morgan fingerprint density at radius 3 is 2.87 bits per heavy atom. The maximum absolute atomic E-state index is 13.2. The number of imide groups is 1. The second-order valence-corrected chi connectivity index (χ2v) is 7.83. The van der Waals surface area contributed by atoms with Crippen LogP contribution < -0.4 is 10.6 Å². The fraction of sp³-hybridized carbons (Fsp3) is 0.182. The van der Waals surface area contributed by atoms with Crippen LogP contribution in [0.2, 0.25) is 5.02 Å². The fourth-order valence-electron chi connectivity index (χ4n) is 4.31. The van der Waals surface area contributed by atoms with E-state index in [2.05, 4.69) is 15.6 Å². The van der Waals surface area contributed by atoms with Gasteiger partial charge in [0.2, 0.25) is 5.91 Å². The van der Waals surface area contributed by atoms with Crippen molar-refractivity contribution >= 4 is 46.0 Å². The van der Waals surface area contributed by atoms with Gasteiger partial charge in [0.1, 0.15) is 12.1 Å². The van der Waals surface area contributed by atoms with Crippen LogP contribution >= 0.6 is 11.6 Å². The molecule has 1 fully saturated rings. The zero-order valence-corrected chi connectivity index (χ0v) is 16.6. The van der Waals surface area contributed by atoms with E-state index >= 15 is 0 Å². The number of benzene rings is 2. The van der Waals surface area contributed by atoms with Crippen molar-refractivity contribution in [2.24, 2.45) is 0 Å². The number of aromatic nitrogens is 1. The van der Waals surface area contributed by atoms with Gasteiger partial charge in [-0.3, -0.25) is 19.5 Å². The van der Waals surface area contributed by atoms with E-state index in [-0.39, 0.29) is 6.54 Å². The summed E-state index contributed by atoms with van der Waals surface area (Å²) in [5.74, 6) is -0.886. The molecular weight excluding hydrogens is 404 g/mol. The second kappa shape index (κ2) is 6.81. The highest BCUT2D eigenvalue weighted by molar-refractivity contribution is 6.36. The van der Waals surface area contributed by atoms with Crippen molar-refractivity contribution in [2.45, 2.75) is 18.4 Å². The zero-order chi connectivity index (χ0) is 20.9. The summed E-state index contributed by atoms with van der Waals surface area (Å²) >= 11 is 6.19. The Morgan fingerprint density at radius 1 is 1.17 bits per heavy atom.